The van der Waals surface area contributed by atoms with Crippen molar-refractivity contribution in [3.63, 3.8) is 0 Å². The van der Waals surface area contributed by atoms with Crippen LogP contribution < -0.4 is 5.09 Å². The van der Waals surface area contributed by atoms with E-state index in [4.69, 9.17) is 46.7 Å². The Morgan fingerprint density at radius 2 is 1.75 bits per heavy atom. The normalized spacial score (nSPS) is 34.0. The second kappa shape index (κ2) is 14.2. The summed E-state index contributed by atoms with van der Waals surface area (Å²) in [7, 11) is -3.43. The Morgan fingerprint density at radius 3 is 2.47 bits per heavy atom. The standard InChI is InChI=1S/C25H39Cl2N2O6P/c1-2-3-4-5-6-10-17-31-25-21-23(35-36(30,28-21)29(15-13-26)16-14-27)22-20(33-25)18-32-24(34-22)19-11-8-7-9-12-19/h7-9,11-12,20-25H,2-6,10,13-18H2,1H3,(H,28,30)/t20-,21-,22-,23+,24-,25-,36?/m1/s1. The summed E-state index contributed by atoms with van der Waals surface area (Å²) < 4.78 is 46.8. The van der Waals surface area contributed by atoms with E-state index < -0.39 is 44.6 Å². The molecule has 1 N–H and O–H groups in total. The van der Waals surface area contributed by atoms with Crippen molar-refractivity contribution in [2.75, 3.05) is 38.1 Å². The number of nitrogens with one attached hydrogen (secondary N) is 1. The summed E-state index contributed by atoms with van der Waals surface area (Å²) in [5, 5.41) is 3.22. The van der Waals surface area contributed by atoms with Gasteiger partial charge in [0.2, 0.25) is 0 Å². The Morgan fingerprint density at radius 1 is 1.03 bits per heavy atom. The predicted molar refractivity (Wildman–Crippen MR) is 140 cm³/mol. The van der Waals surface area contributed by atoms with Crippen molar-refractivity contribution in [1.82, 2.24) is 9.76 Å². The van der Waals surface area contributed by atoms with E-state index in [0.29, 0.717) is 38.1 Å². The summed E-state index contributed by atoms with van der Waals surface area (Å²) in [6.45, 7) is 3.86. The van der Waals surface area contributed by atoms with Gasteiger partial charge in [-0.05, 0) is 6.42 Å². The molecule has 0 spiro atoms. The van der Waals surface area contributed by atoms with Crippen LogP contribution in [0.2, 0.25) is 0 Å². The lowest BCUT2D eigenvalue weighted by Gasteiger charge is -2.46. The molecule has 36 heavy (non-hydrogen) atoms. The third-order valence-corrected chi connectivity index (χ3v) is 9.46. The molecule has 7 atom stereocenters. The minimum atomic E-state index is -3.43. The molecule has 1 aromatic rings. The molecule has 1 aromatic carbocycles. The largest absolute Gasteiger partial charge is 0.351 e. The molecule has 3 heterocycles. The number of benzene rings is 1. The van der Waals surface area contributed by atoms with Crippen molar-refractivity contribution in [1.29, 1.82) is 0 Å². The number of fused-ring (bicyclic) bond motifs is 3. The van der Waals surface area contributed by atoms with E-state index in [-0.39, 0.29) is 0 Å². The molecule has 8 nitrogen and oxygen atoms in total. The minimum Gasteiger partial charge on any atom is -0.351 e. The highest BCUT2D eigenvalue weighted by Gasteiger charge is 2.59. The van der Waals surface area contributed by atoms with E-state index in [1.807, 2.05) is 30.3 Å². The zero-order valence-corrected chi connectivity index (χ0v) is 23.3. The topological polar surface area (TPSA) is 78.5 Å². The van der Waals surface area contributed by atoms with E-state index in [9.17, 15) is 4.57 Å². The quantitative estimate of drug-likeness (QED) is 0.181. The van der Waals surface area contributed by atoms with Crippen LogP contribution in [-0.2, 0) is 28.0 Å². The van der Waals surface area contributed by atoms with E-state index in [1.54, 1.807) is 4.67 Å². The fraction of sp³-hybridized carbons (Fsp3) is 0.760. The molecule has 4 rings (SSSR count). The van der Waals surface area contributed by atoms with Gasteiger partial charge in [-0.15, -0.1) is 23.2 Å². The fourth-order valence-corrected chi connectivity index (χ4v) is 7.89. The van der Waals surface area contributed by atoms with Gasteiger partial charge in [0.05, 0.1) is 12.6 Å². The van der Waals surface area contributed by atoms with Gasteiger partial charge in [0.15, 0.2) is 12.6 Å². The third kappa shape index (κ3) is 7.03. The van der Waals surface area contributed by atoms with Crippen LogP contribution in [0.1, 0.15) is 57.3 Å². The first-order valence-electron chi connectivity index (χ1n) is 13.1. The first kappa shape index (κ1) is 28.8. The lowest BCUT2D eigenvalue weighted by atomic mass is 9.96. The van der Waals surface area contributed by atoms with Crippen LogP contribution in [0.25, 0.3) is 0 Å². The van der Waals surface area contributed by atoms with Crippen LogP contribution in [0.5, 0.6) is 0 Å². The van der Waals surface area contributed by atoms with Crippen LogP contribution in [0.4, 0.5) is 0 Å². The maximum atomic E-state index is 14.0. The average molecular weight is 565 g/mol. The molecule has 3 fully saturated rings. The van der Waals surface area contributed by atoms with E-state index in [1.165, 1.54) is 25.7 Å². The Kier molecular flexibility index (Phi) is 11.4. The van der Waals surface area contributed by atoms with Crippen molar-refractivity contribution in [2.24, 2.45) is 0 Å². The summed E-state index contributed by atoms with van der Waals surface area (Å²) in [4.78, 5) is 0. The van der Waals surface area contributed by atoms with Gasteiger partial charge in [-0.1, -0.05) is 69.4 Å². The molecule has 0 amide bonds. The smallest absolute Gasteiger partial charge is 0.344 e. The molecule has 0 saturated carbocycles. The zero-order valence-electron chi connectivity index (χ0n) is 20.9. The van der Waals surface area contributed by atoms with Gasteiger partial charge in [-0.3, -0.25) is 9.09 Å². The average Bonchev–Trinajstić information content (AvgIpc) is 3.27. The fourth-order valence-electron chi connectivity index (χ4n) is 4.94. The second-order valence-corrected chi connectivity index (χ2v) is 12.3. The van der Waals surface area contributed by atoms with Crippen molar-refractivity contribution in [3.8, 4) is 0 Å². The van der Waals surface area contributed by atoms with Crippen molar-refractivity contribution >= 4 is 30.9 Å². The molecule has 204 valence electrons. The molecule has 3 saturated heterocycles. The summed E-state index contributed by atoms with van der Waals surface area (Å²) in [5.41, 5.74) is 0.911. The van der Waals surface area contributed by atoms with Crippen LogP contribution in [-0.4, -0.2) is 73.4 Å². The van der Waals surface area contributed by atoms with Gasteiger partial charge in [0.25, 0.3) is 0 Å². The van der Waals surface area contributed by atoms with Crippen LogP contribution in [0.15, 0.2) is 30.3 Å². The van der Waals surface area contributed by atoms with Gasteiger partial charge >= 0.3 is 7.67 Å². The first-order chi connectivity index (χ1) is 17.6. The Labute approximate surface area is 224 Å². The molecule has 0 bridgehead atoms. The van der Waals surface area contributed by atoms with Crippen LogP contribution in [0.3, 0.4) is 0 Å². The van der Waals surface area contributed by atoms with Gasteiger partial charge in [-0.25, -0.2) is 9.76 Å². The highest BCUT2D eigenvalue weighted by Crippen LogP contribution is 2.56. The molecular weight excluding hydrogens is 526 g/mol. The van der Waals surface area contributed by atoms with Gasteiger partial charge in [0.1, 0.15) is 18.3 Å². The maximum Gasteiger partial charge on any atom is 0.344 e. The monoisotopic (exact) mass is 564 g/mol. The highest BCUT2D eigenvalue weighted by molar-refractivity contribution is 7.54. The summed E-state index contributed by atoms with van der Waals surface area (Å²) in [6.07, 6.45) is 4.41. The molecule has 0 radical (unpaired) electrons. The first-order valence-corrected chi connectivity index (χ1v) is 15.8. The highest BCUT2D eigenvalue weighted by atomic mass is 35.5. The van der Waals surface area contributed by atoms with Gasteiger partial charge in [0, 0.05) is 37.0 Å². The van der Waals surface area contributed by atoms with Gasteiger partial charge < -0.3 is 18.9 Å². The van der Waals surface area contributed by atoms with E-state index >= 15 is 0 Å². The van der Waals surface area contributed by atoms with Gasteiger partial charge in [-0.2, -0.15) is 0 Å². The Balaban J connectivity index is 1.46. The Hall–Kier alpha value is -0.250. The van der Waals surface area contributed by atoms with Crippen molar-refractivity contribution < 1.29 is 28.0 Å². The minimum absolute atomic E-state index is 0.308. The molecule has 11 heteroatoms. The van der Waals surface area contributed by atoms with E-state index in [2.05, 4.69) is 12.0 Å². The molecule has 0 aliphatic carbocycles. The lowest BCUT2D eigenvalue weighted by Crippen LogP contribution is -2.63. The maximum absolute atomic E-state index is 14.0. The number of unbranched alkanes of at least 4 members (excludes halogenated alkanes) is 5. The van der Waals surface area contributed by atoms with Crippen LogP contribution in [0, 0.1) is 0 Å². The SMILES string of the molecule is CCCCCCCCO[C@@H]1O[C@@H]2CO[C@@H](c3ccccc3)O[C@H]2[C@H]2OP(=O)(N(CCCl)CCCl)N[C@@H]12. The number of halogens is 2. The summed E-state index contributed by atoms with van der Waals surface area (Å²) in [6, 6.07) is 9.29. The molecule has 3 aliphatic heterocycles. The molecule has 0 aromatic heterocycles. The number of rotatable bonds is 14. The number of nitrogens with zero attached hydrogens (tertiary/aromatic N) is 1. The second-order valence-electron chi connectivity index (χ2n) is 9.44. The zero-order chi connectivity index (χ0) is 25.4. The summed E-state index contributed by atoms with van der Waals surface area (Å²) in [5.74, 6) is 0.615. The van der Waals surface area contributed by atoms with Crippen molar-refractivity contribution in [2.45, 2.75) is 82.4 Å². The van der Waals surface area contributed by atoms with E-state index in [0.717, 1.165) is 18.4 Å². The van der Waals surface area contributed by atoms with Crippen molar-refractivity contribution in [3.05, 3.63) is 35.9 Å². The van der Waals surface area contributed by atoms with Crippen LogP contribution >= 0.6 is 30.9 Å². The molecular formula is C25H39Cl2N2O6P. The summed E-state index contributed by atoms with van der Waals surface area (Å²) >= 11 is 12.0. The number of hydrogen-bond acceptors (Lipinski definition) is 6. The molecule has 3 aliphatic rings. The lowest BCUT2D eigenvalue weighted by molar-refractivity contribution is -0.336. The predicted octanol–water partition coefficient (Wildman–Crippen LogP) is 5.45. The third-order valence-electron chi connectivity index (χ3n) is 6.83. The number of ether oxygens (including phenoxy) is 4. The number of alkyl halides is 2. The number of hydrogen-bond donors (Lipinski definition) is 1. The Bertz CT molecular complexity index is 834. The molecule has 1 unspecified atom stereocenters.